The lowest BCUT2D eigenvalue weighted by Crippen LogP contribution is -2.54. The van der Waals surface area contributed by atoms with E-state index in [1.807, 2.05) is 11.8 Å². The van der Waals surface area contributed by atoms with Gasteiger partial charge in [-0.15, -0.1) is 11.8 Å². The summed E-state index contributed by atoms with van der Waals surface area (Å²) in [5.41, 5.74) is -0.469. The molecule has 30 heavy (non-hydrogen) atoms. The van der Waals surface area contributed by atoms with Crippen molar-refractivity contribution in [3.05, 3.63) is 29.8 Å². The highest BCUT2D eigenvalue weighted by Gasteiger charge is 2.49. The molecule has 2 fully saturated rings. The third kappa shape index (κ3) is 4.63. The first-order chi connectivity index (χ1) is 14.2. The van der Waals surface area contributed by atoms with E-state index in [1.165, 1.54) is 17.8 Å². The Balaban J connectivity index is 1.76. The molecule has 2 heterocycles. The van der Waals surface area contributed by atoms with E-state index < -0.39 is 16.6 Å². The van der Waals surface area contributed by atoms with Gasteiger partial charge in [-0.05, 0) is 43.9 Å². The molecule has 2 aliphatic rings. The van der Waals surface area contributed by atoms with Gasteiger partial charge >= 0.3 is 6.18 Å². The van der Waals surface area contributed by atoms with E-state index in [2.05, 4.69) is 6.92 Å². The number of carbonyl (C=O) groups is 2. The zero-order chi connectivity index (χ0) is 21.9. The van der Waals surface area contributed by atoms with Crippen LogP contribution in [0.1, 0.15) is 57.9 Å². The van der Waals surface area contributed by atoms with Gasteiger partial charge in [0.2, 0.25) is 11.8 Å². The molecule has 1 atom stereocenters. The Kier molecular flexibility index (Phi) is 7.05. The van der Waals surface area contributed by atoms with Crippen LogP contribution >= 0.6 is 11.8 Å². The zero-order valence-corrected chi connectivity index (χ0v) is 18.3. The van der Waals surface area contributed by atoms with Gasteiger partial charge in [0.05, 0.1) is 16.2 Å². The minimum atomic E-state index is -4.46. The second-order valence-corrected chi connectivity index (χ2v) is 9.42. The predicted octanol–water partition coefficient (Wildman–Crippen LogP) is 5.32. The lowest BCUT2D eigenvalue weighted by atomic mass is 9.95. The van der Waals surface area contributed by atoms with Crippen LogP contribution in [0.2, 0.25) is 0 Å². The summed E-state index contributed by atoms with van der Waals surface area (Å²) in [7, 11) is 0. The lowest BCUT2D eigenvalue weighted by molar-refractivity contribution is -0.138. The smallest absolute Gasteiger partial charge is 0.342 e. The second-order valence-electron chi connectivity index (χ2n) is 8.08. The molecule has 8 heteroatoms. The van der Waals surface area contributed by atoms with Gasteiger partial charge in [0.15, 0.2) is 0 Å². The van der Waals surface area contributed by atoms with Gasteiger partial charge in [0.25, 0.3) is 0 Å². The Bertz CT molecular complexity index is 776. The first-order valence-corrected chi connectivity index (χ1v) is 11.6. The maximum absolute atomic E-state index is 13.2. The summed E-state index contributed by atoms with van der Waals surface area (Å²) < 4.78 is 39.5. The number of piperidine rings is 1. The average Bonchev–Trinajstić information content (AvgIpc) is 3.04. The number of halogens is 3. The van der Waals surface area contributed by atoms with Gasteiger partial charge in [-0.25, -0.2) is 0 Å². The van der Waals surface area contributed by atoms with Crippen molar-refractivity contribution >= 4 is 29.3 Å². The summed E-state index contributed by atoms with van der Waals surface area (Å²) in [6, 6.07) is 4.99. The number of nitrogens with zero attached hydrogens (tertiary/aromatic N) is 2. The number of alkyl halides is 3. The number of thioether (sulfide) groups is 1. The third-order valence-electron chi connectivity index (χ3n) is 6.16. The fourth-order valence-corrected chi connectivity index (χ4v) is 5.74. The van der Waals surface area contributed by atoms with E-state index in [0.29, 0.717) is 25.9 Å². The van der Waals surface area contributed by atoms with Crippen molar-refractivity contribution in [3.8, 4) is 0 Å². The largest absolute Gasteiger partial charge is 0.416 e. The first kappa shape index (κ1) is 23.0. The van der Waals surface area contributed by atoms with E-state index in [4.69, 9.17) is 0 Å². The highest BCUT2D eigenvalue weighted by atomic mass is 32.2. The minimum absolute atomic E-state index is 0.0245. The number of amides is 2. The molecule has 0 radical (unpaired) electrons. The summed E-state index contributed by atoms with van der Waals surface area (Å²) in [4.78, 5) is 28.4. The molecule has 1 aromatic rings. The summed E-state index contributed by atoms with van der Waals surface area (Å²) in [5.74, 6) is 0.267. The predicted molar refractivity (Wildman–Crippen MR) is 113 cm³/mol. The number of hydrogen-bond acceptors (Lipinski definition) is 3. The number of hydrogen-bond donors (Lipinski definition) is 0. The number of carbonyl (C=O) groups excluding carboxylic acids is 2. The van der Waals surface area contributed by atoms with Crippen LogP contribution in [0, 0.1) is 5.92 Å². The summed E-state index contributed by atoms with van der Waals surface area (Å²) in [5, 5.41) is 0. The summed E-state index contributed by atoms with van der Waals surface area (Å²) >= 11 is 1.49. The van der Waals surface area contributed by atoms with Crippen LogP contribution < -0.4 is 4.90 Å². The Morgan fingerprint density at radius 3 is 2.53 bits per heavy atom. The van der Waals surface area contributed by atoms with Crippen LogP contribution in [0.15, 0.2) is 24.3 Å². The molecule has 0 aromatic heterocycles. The number of rotatable bonds is 6. The molecule has 0 unspecified atom stereocenters. The Morgan fingerprint density at radius 2 is 1.93 bits per heavy atom. The molecule has 0 aliphatic carbocycles. The quantitative estimate of drug-likeness (QED) is 0.599. The van der Waals surface area contributed by atoms with Crippen molar-refractivity contribution in [2.75, 3.05) is 23.7 Å². The van der Waals surface area contributed by atoms with Crippen LogP contribution in [0.3, 0.4) is 0 Å². The SMILES string of the molecule is CCCC[C@H](CC)C(=O)N1CCC2(CC1)SCC(=O)N2c1cccc(C(F)(F)F)c1. The molecule has 0 saturated carbocycles. The van der Waals surface area contributed by atoms with Gasteiger partial charge in [-0.3, -0.25) is 14.5 Å². The molecular weight excluding hydrogens is 413 g/mol. The van der Waals surface area contributed by atoms with Crippen molar-refractivity contribution in [2.24, 2.45) is 5.92 Å². The Morgan fingerprint density at radius 1 is 1.23 bits per heavy atom. The fourth-order valence-electron chi connectivity index (χ4n) is 4.41. The molecule has 2 saturated heterocycles. The highest BCUT2D eigenvalue weighted by Crippen LogP contribution is 2.47. The van der Waals surface area contributed by atoms with Gasteiger partial charge in [-0.1, -0.05) is 32.8 Å². The van der Waals surface area contributed by atoms with E-state index >= 15 is 0 Å². The van der Waals surface area contributed by atoms with Crippen molar-refractivity contribution in [2.45, 2.75) is 63.4 Å². The number of unbranched alkanes of at least 4 members (excludes halogenated alkanes) is 1. The van der Waals surface area contributed by atoms with E-state index in [-0.39, 0.29) is 29.2 Å². The topological polar surface area (TPSA) is 40.6 Å². The highest BCUT2D eigenvalue weighted by molar-refractivity contribution is 8.02. The lowest BCUT2D eigenvalue weighted by Gasteiger charge is -2.44. The van der Waals surface area contributed by atoms with E-state index in [9.17, 15) is 22.8 Å². The first-order valence-electron chi connectivity index (χ1n) is 10.6. The van der Waals surface area contributed by atoms with Crippen LogP contribution in [0.5, 0.6) is 0 Å². The van der Waals surface area contributed by atoms with Crippen molar-refractivity contribution in [1.29, 1.82) is 0 Å². The van der Waals surface area contributed by atoms with Crippen LogP contribution in [0.4, 0.5) is 18.9 Å². The number of benzene rings is 1. The van der Waals surface area contributed by atoms with E-state index in [1.54, 1.807) is 11.0 Å². The van der Waals surface area contributed by atoms with E-state index in [0.717, 1.165) is 37.8 Å². The molecular formula is C22H29F3N2O2S. The van der Waals surface area contributed by atoms with Crippen molar-refractivity contribution in [1.82, 2.24) is 4.90 Å². The molecule has 0 bridgehead atoms. The number of likely N-dealkylation sites (tertiary alicyclic amines) is 1. The van der Waals surface area contributed by atoms with Gasteiger partial charge < -0.3 is 4.90 Å². The molecule has 4 nitrogen and oxygen atoms in total. The standard InChI is InChI=1S/C22H29F3N2O2S/c1-3-5-7-16(4-2)20(29)26-12-10-21(11-13-26)27(19(28)15-30-21)18-9-6-8-17(14-18)22(23,24)25/h6,8-9,14,16H,3-5,7,10-13,15H2,1-2H3/t16-/m0/s1. The molecule has 2 amide bonds. The molecule has 1 spiro atoms. The molecule has 1 aromatic carbocycles. The zero-order valence-electron chi connectivity index (χ0n) is 17.5. The summed E-state index contributed by atoms with van der Waals surface area (Å²) in [6.45, 7) is 5.19. The molecule has 2 aliphatic heterocycles. The van der Waals surface area contributed by atoms with Gasteiger partial charge in [0.1, 0.15) is 0 Å². The average molecular weight is 443 g/mol. The monoisotopic (exact) mass is 442 g/mol. The van der Waals surface area contributed by atoms with Gasteiger partial charge in [0, 0.05) is 24.7 Å². The number of anilines is 1. The van der Waals surface area contributed by atoms with Crippen LogP contribution in [-0.4, -0.2) is 40.4 Å². The third-order valence-corrected chi connectivity index (χ3v) is 7.68. The molecule has 0 N–H and O–H groups in total. The van der Waals surface area contributed by atoms with Crippen molar-refractivity contribution < 1.29 is 22.8 Å². The summed E-state index contributed by atoms with van der Waals surface area (Å²) in [6.07, 6.45) is 0.447. The Labute approximate surface area is 180 Å². The molecule has 3 rings (SSSR count). The fraction of sp³-hybridized carbons (Fsp3) is 0.636. The molecule has 166 valence electrons. The minimum Gasteiger partial charge on any atom is -0.342 e. The van der Waals surface area contributed by atoms with Gasteiger partial charge in [-0.2, -0.15) is 13.2 Å². The van der Waals surface area contributed by atoms with Crippen LogP contribution in [0.25, 0.3) is 0 Å². The van der Waals surface area contributed by atoms with Crippen LogP contribution in [-0.2, 0) is 15.8 Å². The normalized spacial score (nSPS) is 20.1. The Hall–Kier alpha value is -1.70. The maximum atomic E-state index is 13.2. The maximum Gasteiger partial charge on any atom is 0.416 e. The second kappa shape index (κ2) is 9.20. The van der Waals surface area contributed by atoms with Crippen molar-refractivity contribution in [3.63, 3.8) is 0 Å².